The van der Waals surface area contributed by atoms with Gasteiger partial charge in [-0.15, -0.1) is 0 Å². The molecule has 0 spiro atoms. The fourth-order valence-corrected chi connectivity index (χ4v) is 4.49. The van der Waals surface area contributed by atoms with Gasteiger partial charge in [0.05, 0.1) is 17.3 Å². The molecule has 5 heterocycles. The first-order valence-electron chi connectivity index (χ1n) is 9.61. The Morgan fingerprint density at radius 1 is 1.07 bits per heavy atom. The van der Waals surface area contributed by atoms with Crippen LogP contribution in [-0.4, -0.2) is 40.1 Å². The molecule has 2 bridgehead atoms. The number of rotatable bonds is 3. The highest BCUT2D eigenvalue weighted by molar-refractivity contribution is 5.83. The first-order chi connectivity index (χ1) is 13.5. The zero-order chi connectivity index (χ0) is 19.3. The van der Waals surface area contributed by atoms with Gasteiger partial charge in [-0.3, -0.25) is 0 Å². The molecule has 1 aromatic carbocycles. The van der Waals surface area contributed by atoms with Crippen molar-refractivity contribution in [2.24, 2.45) is 5.92 Å². The second-order valence-corrected chi connectivity index (χ2v) is 7.75. The zero-order valence-corrected chi connectivity index (χ0v) is 15.3. The molecule has 28 heavy (non-hydrogen) atoms. The van der Waals surface area contributed by atoms with Gasteiger partial charge in [-0.2, -0.15) is 13.2 Å². The van der Waals surface area contributed by atoms with Crippen LogP contribution >= 0.6 is 0 Å². The van der Waals surface area contributed by atoms with Gasteiger partial charge in [0.15, 0.2) is 0 Å². The van der Waals surface area contributed by atoms with Gasteiger partial charge in [0.25, 0.3) is 0 Å². The van der Waals surface area contributed by atoms with Crippen LogP contribution in [0.4, 0.5) is 19.0 Å². The number of nitrogens with zero attached hydrogens (tertiary/aromatic N) is 3. The largest absolute Gasteiger partial charge is 0.416 e. The molecule has 6 rings (SSSR count). The molecular weight excluding hydrogens is 365 g/mol. The maximum absolute atomic E-state index is 13.0. The minimum atomic E-state index is -4.36. The van der Waals surface area contributed by atoms with Crippen LogP contribution in [0.25, 0.3) is 16.6 Å². The van der Waals surface area contributed by atoms with Crippen LogP contribution in [-0.2, 0) is 6.18 Å². The summed E-state index contributed by atoms with van der Waals surface area (Å²) < 4.78 is 40.8. The van der Waals surface area contributed by atoms with E-state index >= 15 is 0 Å². The summed E-state index contributed by atoms with van der Waals surface area (Å²) in [7, 11) is 0. The second-order valence-electron chi connectivity index (χ2n) is 7.75. The van der Waals surface area contributed by atoms with Gasteiger partial charge in [0, 0.05) is 29.9 Å². The normalized spacial score (nSPS) is 24.6. The lowest BCUT2D eigenvalue weighted by molar-refractivity contribution is -0.137. The SMILES string of the molecule is FC(F)(F)c1cccc(-n2ccc3cc(N[C@H]4CN5CCC4CC5)ncc32)c1. The fraction of sp³-hybridized carbons (Fsp3) is 0.381. The molecule has 4 nitrogen and oxygen atoms in total. The van der Waals surface area contributed by atoms with Crippen LogP contribution in [0, 0.1) is 5.92 Å². The molecule has 0 saturated carbocycles. The minimum absolute atomic E-state index is 0.415. The number of hydrogen-bond acceptors (Lipinski definition) is 3. The van der Waals surface area contributed by atoms with E-state index in [-0.39, 0.29) is 0 Å². The van der Waals surface area contributed by atoms with E-state index in [0.29, 0.717) is 17.6 Å². The number of benzene rings is 1. The Morgan fingerprint density at radius 2 is 1.89 bits per heavy atom. The Labute approximate surface area is 161 Å². The van der Waals surface area contributed by atoms with Crippen LogP contribution in [0.3, 0.4) is 0 Å². The van der Waals surface area contributed by atoms with Crippen molar-refractivity contribution in [1.82, 2.24) is 14.5 Å². The number of hydrogen-bond donors (Lipinski definition) is 1. The van der Waals surface area contributed by atoms with Crippen LogP contribution in [0.15, 0.2) is 48.8 Å². The Bertz CT molecular complexity index is 1000. The molecule has 1 atom stereocenters. The quantitative estimate of drug-likeness (QED) is 0.717. The van der Waals surface area contributed by atoms with Crippen molar-refractivity contribution >= 4 is 16.7 Å². The highest BCUT2D eigenvalue weighted by atomic mass is 19.4. The van der Waals surface area contributed by atoms with Gasteiger partial charge in [0.2, 0.25) is 0 Å². The predicted octanol–water partition coefficient (Wildman–Crippen LogP) is 4.55. The van der Waals surface area contributed by atoms with Crippen LogP contribution < -0.4 is 5.32 Å². The number of nitrogens with one attached hydrogen (secondary N) is 1. The van der Waals surface area contributed by atoms with Gasteiger partial charge in [-0.25, -0.2) is 4.98 Å². The van der Waals surface area contributed by atoms with Crippen LogP contribution in [0.1, 0.15) is 18.4 Å². The maximum atomic E-state index is 13.0. The van der Waals surface area contributed by atoms with Crippen molar-refractivity contribution in [3.63, 3.8) is 0 Å². The number of fused-ring (bicyclic) bond motifs is 4. The van der Waals surface area contributed by atoms with E-state index in [4.69, 9.17) is 0 Å². The molecule has 0 radical (unpaired) electrons. The number of anilines is 1. The third-order valence-electron chi connectivity index (χ3n) is 6.02. The highest BCUT2D eigenvalue weighted by Gasteiger charge is 2.34. The standard InChI is InChI=1S/C21H21F3N4/c22-21(23,24)16-2-1-3-17(11-16)28-9-6-15-10-20(25-12-19(15)28)26-18-13-27-7-4-14(18)5-8-27/h1-3,6,9-12,14,18H,4-5,7-8,13H2,(H,25,26)/t18-/m0/s1. The van der Waals surface area contributed by atoms with Crippen molar-refractivity contribution in [2.45, 2.75) is 25.1 Å². The third-order valence-corrected chi connectivity index (χ3v) is 6.02. The predicted molar refractivity (Wildman–Crippen MR) is 103 cm³/mol. The molecule has 1 N–H and O–H groups in total. The Morgan fingerprint density at radius 3 is 2.61 bits per heavy atom. The molecule has 3 aliphatic heterocycles. The number of alkyl halides is 3. The van der Waals surface area contributed by atoms with E-state index in [9.17, 15) is 13.2 Å². The number of halogens is 3. The van der Waals surface area contributed by atoms with Crippen molar-refractivity contribution < 1.29 is 13.2 Å². The van der Waals surface area contributed by atoms with Crippen LogP contribution in [0.2, 0.25) is 0 Å². The zero-order valence-electron chi connectivity index (χ0n) is 15.3. The van der Waals surface area contributed by atoms with E-state index in [0.717, 1.165) is 29.3 Å². The lowest BCUT2D eigenvalue weighted by atomic mass is 9.84. The summed E-state index contributed by atoms with van der Waals surface area (Å²) in [6.07, 6.45) is 1.63. The lowest BCUT2D eigenvalue weighted by Crippen LogP contribution is -2.53. The molecule has 3 fully saturated rings. The van der Waals surface area contributed by atoms with Crippen molar-refractivity contribution in [3.8, 4) is 5.69 Å². The molecule has 146 valence electrons. The summed E-state index contributed by atoms with van der Waals surface area (Å²) in [4.78, 5) is 7.03. The van der Waals surface area contributed by atoms with Crippen molar-refractivity contribution in [2.75, 3.05) is 25.0 Å². The molecule has 3 aliphatic rings. The van der Waals surface area contributed by atoms with Gasteiger partial charge in [-0.1, -0.05) is 6.07 Å². The molecule has 2 aromatic heterocycles. The number of aromatic nitrogens is 2. The molecule has 0 amide bonds. The first kappa shape index (κ1) is 17.6. The molecular formula is C21H21F3N4. The molecule has 0 aliphatic carbocycles. The Hall–Kier alpha value is -2.54. The molecule has 0 unspecified atom stereocenters. The topological polar surface area (TPSA) is 33.1 Å². The third kappa shape index (κ3) is 3.13. The van der Waals surface area contributed by atoms with Gasteiger partial charge in [-0.05, 0) is 62.2 Å². The molecule has 3 saturated heterocycles. The summed E-state index contributed by atoms with van der Waals surface area (Å²) in [6, 6.07) is 9.67. The van der Waals surface area contributed by atoms with Gasteiger partial charge >= 0.3 is 6.18 Å². The highest BCUT2D eigenvalue weighted by Crippen LogP contribution is 2.32. The van der Waals surface area contributed by atoms with Gasteiger partial charge < -0.3 is 14.8 Å². The summed E-state index contributed by atoms with van der Waals surface area (Å²) in [5.74, 6) is 1.52. The number of pyridine rings is 1. The molecule has 7 heteroatoms. The Kier molecular flexibility index (Phi) is 4.08. The summed E-state index contributed by atoms with van der Waals surface area (Å²) in [6.45, 7) is 3.43. The van der Waals surface area contributed by atoms with E-state index in [1.54, 1.807) is 23.0 Å². The van der Waals surface area contributed by atoms with E-state index in [2.05, 4.69) is 15.2 Å². The van der Waals surface area contributed by atoms with E-state index < -0.39 is 11.7 Å². The van der Waals surface area contributed by atoms with Crippen molar-refractivity contribution in [3.05, 3.63) is 54.4 Å². The smallest absolute Gasteiger partial charge is 0.366 e. The second kappa shape index (κ2) is 6.51. The lowest BCUT2D eigenvalue weighted by Gasteiger charge is -2.45. The minimum Gasteiger partial charge on any atom is -0.366 e. The first-order valence-corrected chi connectivity index (χ1v) is 9.61. The molecule has 3 aromatic rings. The average Bonchev–Trinajstić information content (AvgIpc) is 3.12. The summed E-state index contributed by atoms with van der Waals surface area (Å²) in [5.41, 5.74) is 0.615. The number of piperidine rings is 3. The van der Waals surface area contributed by atoms with Gasteiger partial charge in [0.1, 0.15) is 5.82 Å². The maximum Gasteiger partial charge on any atom is 0.416 e. The Balaban J connectivity index is 1.43. The van der Waals surface area contributed by atoms with Crippen molar-refractivity contribution in [1.29, 1.82) is 0 Å². The van der Waals surface area contributed by atoms with E-state index in [1.165, 1.54) is 38.1 Å². The average molecular weight is 386 g/mol. The summed E-state index contributed by atoms with van der Waals surface area (Å²) in [5, 5.41) is 4.53. The monoisotopic (exact) mass is 386 g/mol. The fourth-order valence-electron chi connectivity index (χ4n) is 4.49. The van der Waals surface area contributed by atoms with E-state index in [1.807, 2.05) is 12.1 Å². The summed E-state index contributed by atoms with van der Waals surface area (Å²) >= 11 is 0. The van der Waals surface area contributed by atoms with Crippen LogP contribution in [0.5, 0.6) is 0 Å².